The number of hydrogen-bond acceptors (Lipinski definition) is 8. The first-order valence-corrected chi connectivity index (χ1v) is 16.8. The molecule has 2 atom stereocenters. The number of nitrogens with zero attached hydrogens (tertiary/aromatic N) is 4. The highest BCUT2D eigenvalue weighted by Gasteiger charge is 2.43. The Morgan fingerprint density at radius 3 is 2.54 bits per heavy atom. The number of rotatable bonds is 7. The number of sulfone groups is 1. The maximum atomic E-state index is 14.8. The van der Waals surface area contributed by atoms with Crippen LogP contribution in [0, 0.1) is 5.82 Å². The van der Waals surface area contributed by atoms with E-state index < -0.39 is 38.7 Å². The molecular weight excluding hydrogens is 650 g/mol. The summed E-state index contributed by atoms with van der Waals surface area (Å²) in [7, 11) is -3.56. The topological polar surface area (TPSA) is 110 Å². The lowest BCUT2D eigenvalue weighted by atomic mass is 9.88. The summed E-state index contributed by atoms with van der Waals surface area (Å²) in [6.07, 6.45) is -0.753. The average Bonchev–Trinajstić information content (AvgIpc) is 3.62. The van der Waals surface area contributed by atoms with E-state index in [-0.39, 0.29) is 27.9 Å². The van der Waals surface area contributed by atoms with Gasteiger partial charge in [-0.1, -0.05) is 23.7 Å². The third-order valence-electron chi connectivity index (χ3n) is 8.53. The normalized spacial score (nSPS) is 19.8. The number of halogens is 5. The number of benzene rings is 2. The van der Waals surface area contributed by atoms with E-state index in [1.54, 1.807) is 25.1 Å². The van der Waals surface area contributed by atoms with E-state index in [0.717, 1.165) is 24.7 Å². The molecule has 1 fully saturated rings. The summed E-state index contributed by atoms with van der Waals surface area (Å²) in [6, 6.07) is 11.5. The molecule has 2 aliphatic heterocycles. The Balaban J connectivity index is 1.19. The number of aromatic amines is 1. The van der Waals surface area contributed by atoms with Gasteiger partial charge in [0.25, 0.3) is 5.79 Å². The molecule has 46 heavy (non-hydrogen) atoms. The Morgan fingerprint density at radius 1 is 1.15 bits per heavy atom. The second kappa shape index (κ2) is 11.8. The molecule has 1 N–H and O–H groups in total. The van der Waals surface area contributed by atoms with Crippen molar-refractivity contribution in [1.29, 1.82) is 0 Å². The Hall–Kier alpha value is -3.75. The number of hydrogen-bond donors (Lipinski definition) is 1. The summed E-state index contributed by atoms with van der Waals surface area (Å²) in [5.74, 6) is -2.17. The molecule has 0 saturated carbocycles. The van der Waals surface area contributed by atoms with Gasteiger partial charge in [-0.15, -0.1) is 0 Å². The lowest BCUT2D eigenvalue weighted by Gasteiger charge is -2.33. The highest BCUT2D eigenvalue weighted by Crippen LogP contribution is 2.50. The van der Waals surface area contributed by atoms with Gasteiger partial charge in [-0.3, -0.25) is 15.0 Å². The number of H-pyrrole nitrogens is 1. The first-order chi connectivity index (χ1) is 21.6. The van der Waals surface area contributed by atoms with Crippen LogP contribution in [0.15, 0.2) is 48.7 Å². The number of likely N-dealkylation sites (tertiary alicyclic amines) is 1. The predicted octanol–water partition coefficient (Wildman–Crippen LogP) is 6.81. The van der Waals surface area contributed by atoms with Crippen molar-refractivity contribution in [2.24, 2.45) is 0 Å². The van der Waals surface area contributed by atoms with Gasteiger partial charge in [0, 0.05) is 42.1 Å². The van der Waals surface area contributed by atoms with Gasteiger partial charge in [-0.05, 0) is 74.7 Å². The zero-order valence-corrected chi connectivity index (χ0v) is 26.6. The number of pyridine rings is 1. The van der Waals surface area contributed by atoms with Gasteiger partial charge in [-0.2, -0.15) is 18.3 Å². The van der Waals surface area contributed by atoms with Crippen LogP contribution in [0.25, 0.3) is 11.4 Å². The molecule has 4 heterocycles. The largest absolute Gasteiger partial charge is 0.451 e. The van der Waals surface area contributed by atoms with Crippen LogP contribution in [0.5, 0.6) is 11.5 Å². The van der Waals surface area contributed by atoms with Crippen LogP contribution < -0.4 is 9.47 Å². The number of alkyl halides is 3. The summed E-state index contributed by atoms with van der Waals surface area (Å²) in [5.41, 5.74) is 2.24. The minimum Gasteiger partial charge on any atom is -0.444 e. The maximum Gasteiger partial charge on any atom is 0.451 e. The lowest BCUT2D eigenvalue weighted by molar-refractivity contribution is -0.144. The van der Waals surface area contributed by atoms with E-state index in [0.29, 0.717) is 42.4 Å². The SMILES string of the molecule is C[C@@H](c1cc(-c2n[nH]c(C(F)(F)F)n2)cnc1CN1CCC(c2cccc3c2O[C@@](C)(c2ccc(Cl)cc2F)O3)CC1)S(C)(=O)=O. The van der Waals surface area contributed by atoms with E-state index in [2.05, 4.69) is 20.0 Å². The van der Waals surface area contributed by atoms with E-state index >= 15 is 0 Å². The Labute approximate surface area is 267 Å². The fraction of sp³-hybridized carbons (Fsp3) is 0.387. The number of nitrogens with one attached hydrogen (secondary N) is 1. The molecule has 0 unspecified atom stereocenters. The molecule has 0 radical (unpaired) electrons. The highest BCUT2D eigenvalue weighted by atomic mass is 35.5. The average molecular weight is 680 g/mol. The second-order valence-corrected chi connectivity index (χ2v) is 14.5. The van der Waals surface area contributed by atoms with Gasteiger partial charge in [-0.25, -0.2) is 17.8 Å². The first-order valence-electron chi connectivity index (χ1n) is 14.5. The van der Waals surface area contributed by atoms with Crippen molar-refractivity contribution < 1.29 is 35.5 Å². The van der Waals surface area contributed by atoms with E-state index in [4.69, 9.17) is 21.1 Å². The molecule has 6 rings (SSSR count). The van der Waals surface area contributed by atoms with Crippen molar-refractivity contribution in [1.82, 2.24) is 25.1 Å². The van der Waals surface area contributed by atoms with Gasteiger partial charge in [0.2, 0.25) is 5.82 Å². The molecule has 2 aromatic heterocycles. The lowest BCUT2D eigenvalue weighted by Crippen LogP contribution is -2.34. The second-order valence-electron chi connectivity index (χ2n) is 11.7. The van der Waals surface area contributed by atoms with E-state index in [9.17, 15) is 26.0 Å². The minimum atomic E-state index is -4.71. The van der Waals surface area contributed by atoms with Crippen LogP contribution in [-0.2, 0) is 28.3 Å². The molecule has 15 heteroatoms. The van der Waals surface area contributed by atoms with Crippen LogP contribution in [0.3, 0.4) is 0 Å². The molecule has 0 aliphatic carbocycles. The molecular formula is C31H30ClF4N5O4S. The van der Waals surface area contributed by atoms with Crippen LogP contribution in [0.1, 0.15) is 66.1 Å². The fourth-order valence-corrected chi connectivity index (χ4v) is 6.74. The van der Waals surface area contributed by atoms with Gasteiger partial charge in [0.15, 0.2) is 27.2 Å². The van der Waals surface area contributed by atoms with E-state index in [1.807, 2.05) is 17.2 Å². The molecule has 2 aliphatic rings. The van der Waals surface area contributed by atoms with Gasteiger partial charge in [0.1, 0.15) is 5.82 Å². The molecule has 0 spiro atoms. The Morgan fingerprint density at radius 2 is 1.89 bits per heavy atom. The number of ether oxygens (including phenoxy) is 2. The van der Waals surface area contributed by atoms with Gasteiger partial charge in [0.05, 0.1) is 16.5 Å². The summed E-state index contributed by atoms with van der Waals surface area (Å²) in [4.78, 5) is 10.2. The third-order valence-corrected chi connectivity index (χ3v) is 10.3. The monoisotopic (exact) mass is 679 g/mol. The summed E-state index contributed by atoms with van der Waals surface area (Å²) in [6.45, 7) is 4.84. The number of para-hydroxylation sites is 1. The van der Waals surface area contributed by atoms with Gasteiger partial charge >= 0.3 is 6.18 Å². The standard InChI is InChI=1S/C31H30ClF4N5O4S/c1-17(46(3,42)43)22-13-19(28-38-29(40-39-28)31(34,35)36)15-37-25(22)16-41-11-9-18(10-12-41)21-5-4-6-26-27(21)45-30(2,44-26)23-8-7-20(32)14-24(23)33/h4-8,13-15,17-18H,9-12,16H2,1-3H3,(H,38,39,40)/t17-,30-/m0/s1. The third kappa shape index (κ3) is 6.29. The van der Waals surface area contributed by atoms with Crippen molar-refractivity contribution >= 4 is 21.4 Å². The Kier molecular flexibility index (Phi) is 8.26. The fourth-order valence-electron chi connectivity index (χ4n) is 5.92. The maximum absolute atomic E-state index is 14.8. The molecule has 9 nitrogen and oxygen atoms in total. The predicted molar refractivity (Wildman–Crippen MR) is 162 cm³/mol. The molecule has 244 valence electrons. The molecule has 0 amide bonds. The van der Waals surface area contributed by atoms with Crippen molar-refractivity contribution in [3.05, 3.63) is 87.7 Å². The summed E-state index contributed by atoms with van der Waals surface area (Å²) in [5, 5.41) is 4.84. The van der Waals surface area contributed by atoms with Crippen molar-refractivity contribution in [3.63, 3.8) is 0 Å². The first kappa shape index (κ1) is 32.2. The number of aromatic nitrogens is 4. The number of fused-ring (bicyclic) bond motifs is 1. The van der Waals surface area contributed by atoms with Crippen LogP contribution in [0.4, 0.5) is 17.6 Å². The molecule has 1 saturated heterocycles. The zero-order chi connectivity index (χ0) is 33.0. The van der Waals surface area contributed by atoms with Gasteiger partial charge < -0.3 is 9.47 Å². The van der Waals surface area contributed by atoms with Crippen LogP contribution in [-0.4, -0.2) is 52.8 Å². The van der Waals surface area contributed by atoms with Crippen molar-refractivity contribution in [2.45, 2.75) is 56.4 Å². The highest BCUT2D eigenvalue weighted by molar-refractivity contribution is 7.90. The van der Waals surface area contributed by atoms with Crippen molar-refractivity contribution in [3.8, 4) is 22.9 Å². The van der Waals surface area contributed by atoms with Crippen LogP contribution >= 0.6 is 11.6 Å². The molecule has 4 aromatic rings. The van der Waals surface area contributed by atoms with E-state index in [1.165, 1.54) is 25.3 Å². The molecule has 2 aromatic carbocycles. The summed E-state index contributed by atoms with van der Waals surface area (Å²) >= 11 is 5.94. The minimum absolute atomic E-state index is 0.116. The summed E-state index contributed by atoms with van der Waals surface area (Å²) < 4.78 is 91.5. The Bertz CT molecular complexity index is 1900. The van der Waals surface area contributed by atoms with Crippen molar-refractivity contribution in [2.75, 3.05) is 19.3 Å². The molecule has 0 bridgehead atoms. The number of piperidine rings is 1. The smallest absolute Gasteiger partial charge is 0.444 e. The zero-order valence-electron chi connectivity index (χ0n) is 25.0. The quantitative estimate of drug-likeness (QED) is 0.212. The van der Waals surface area contributed by atoms with Crippen LogP contribution in [0.2, 0.25) is 5.02 Å².